The van der Waals surface area contributed by atoms with Gasteiger partial charge in [-0.15, -0.1) is 0 Å². The molecule has 0 aliphatic carbocycles. The monoisotopic (exact) mass is 424 g/mol. The van der Waals surface area contributed by atoms with Gasteiger partial charge in [0.2, 0.25) is 0 Å². The number of carbonyl (C=O) groups is 1. The van der Waals surface area contributed by atoms with Crippen LogP contribution in [-0.2, 0) is 5.54 Å². The second-order valence-corrected chi connectivity index (χ2v) is 8.42. The number of amidine groups is 1. The highest BCUT2D eigenvalue weighted by Gasteiger charge is 2.30. The lowest BCUT2D eigenvalue weighted by Crippen LogP contribution is -2.29. The summed E-state index contributed by atoms with van der Waals surface area (Å²) in [5.74, 6) is 0.144. The van der Waals surface area contributed by atoms with Gasteiger partial charge in [-0.2, -0.15) is 0 Å². The normalized spacial score (nSPS) is 18.7. The number of benzene rings is 2. The van der Waals surface area contributed by atoms with Gasteiger partial charge in [-0.3, -0.25) is 9.79 Å². The molecule has 0 fully saturated rings. The zero-order chi connectivity index (χ0) is 21.3. The van der Waals surface area contributed by atoms with E-state index in [0.717, 1.165) is 23.3 Å². The molecule has 0 saturated carbocycles. The molecular formula is C22H21FN4O2S. The molecule has 3 aromatic rings. The minimum Gasteiger partial charge on any atom is -0.379 e. The SMILES string of the molecule is Cc1noc(-c2ccccc2)c1C(=O)Nc1cc(C2(C)CCSC(N)=N2)ccc1F. The second kappa shape index (κ2) is 7.95. The maximum absolute atomic E-state index is 14.5. The van der Waals surface area contributed by atoms with Crippen molar-refractivity contribution in [2.24, 2.45) is 10.7 Å². The first-order valence-corrected chi connectivity index (χ1v) is 10.5. The predicted molar refractivity (Wildman–Crippen MR) is 117 cm³/mol. The van der Waals surface area contributed by atoms with Crippen LogP contribution in [0.5, 0.6) is 0 Å². The van der Waals surface area contributed by atoms with Crippen LogP contribution in [0.15, 0.2) is 58.0 Å². The molecular weight excluding hydrogens is 403 g/mol. The quantitative estimate of drug-likeness (QED) is 0.633. The summed E-state index contributed by atoms with van der Waals surface area (Å²) in [6.07, 6.45) is 0.764. The molecule has 4 rings (SSSR count). The molecule has 0 bridgehead atoms. The molecule has 8 heteroatoms. The summed E-state index contributed by atoms with van der Waals surface area (Å²) in [7, 11) is 0. The molecule has 154 valence electrons. The Hall–Kier alpha value is -3.13. The van der Waals surface area contributed by atoms with Crippen molar-refractivity contribution < 1.29 is 13.7 Å². The highest BCUT2D eigenvalue weighted by molar-refractivity contribution is 8.13. The predicted octanol–water partition coefficient (Wildman–Crippen LogP) is 4.71. The molecule has 1 aromatic heterocycles. The van der Waals surface area contributed by atoms with Crippen LogP contribution in [0.4, 0.5) is 10.1 Å². The van der Waals surface area contributed by atoms with Crippen molar-refractivity contribution in [2.75, 3.05) is 11.1 Å². The van der Waals surface area contributed by atoms with Crippen molar-refractivity contribution in [1.82, 2.24) is 5.16 Å². The van der Waals surface area contributed by atoms with Crippen molar-refractivity contribution in [2.45, 2.75) is 25.8 Å². The summed E-state index contributed by atoms with van der Waals surface area (Å²) in [6.45, 7) is 3.63. The van der Waals surface area contributed by atoms with Gasteiger partial charge >= 0.3 is 0 Å². The van der Waals surface area contributed by atoms with Gasteiger partial charge in [-0.1, -0.05) is 53.3 Å². The highest BCUT2D eigenvalue weighted by atomic mass is 32.2. The first-order chi connectivity index (χ1) is 14.4. The number of carbonyl (C=O) groups excluding carboxylic acids is 1. The molecule has 3 N–H and O–H groups in total. The van der Waals surface area contributed by atoms with E-state index in [1.54, 1.807) is 19.1 Å². The van der Waals surface area contributed by atoms with Crippen LogP contribution in [0.25, 0.3) is 11.3 Å². The third-order valence-corrected chi connectivity index (χ3v) is 5.95. The van der Waals surface area contributed by atoms with E-state index in [4.69, 9.17) is 10.3 Å². The smallest absolute Gasteiger partial charge is 0.261 e. The molecule has 1 aliphatic heterocycles. The van der Waals surface area contributed by atoms with Crippen molar-refractivity contribution in [3.63, 3.8) is 0 Å². The minimum atomic E-state index is -0.565. The fourth-order valence-corrected chi connectivity index (χ4v) is 4.43. The molecule has 1 unspecified atom stereocenters. The Balaban J connectivity index is 1.67. The Kier molecular flexibility index (Phi) is 5.34. The Labute approximate surface area is 177 Å². The first kappa shape index (κ1) is 20.2. The Morgan fingerprint density at radius 2 is 2.03 bits per heavy atom. The van der Waals surface area contributed by atoms with E-state index in [2.05, 4.69) is 15.5 Å². The maximum Gasteiger partial charge on any atom is 0.261 e. The Morgan fingerprint density at radius 3 is 2.77 bits per heavy atom. The average Bonchev–Trinajstić information content (AvgIpc) is 3.11. The minimum absolute atomic E-state index is 0.0744. The topological polar surface area (TPSA) is 93.5 Å². The number of nitrogens with zero attached hydrogens (tertiary/aromatic N) is 2. The number of nitrogens with two attached hydrogens (primary N) is 1. The average molecular weight is 425 g/mol. The number of aromatic nitrogens is 1. The molecule has 2 aromatic carbocycles. The molecule has 0 spiro atoms. The van der Waals surface area contributed by atoms with Crippen molar-refractivity contribution in [3.05, 3.63) is 71.2 Å². The fraction of sp³-hybridized carbons (Fsp3) is 0.227. The Bertz CT molecular complexity index is 1130. The molecule has 1 aliphatic rings. The van der Waals surface area contributed by atoms with Gasteiger partial charge in [0.1, 0.15) is 11.4 Å². The van der Waals surface area contributed by atoms with Crippen LogP contribution in [0.1, 0.15) is 35.0 Å². The number of aliphatic imine (C=N–C) groups is 1. The third kappa shape index (κ3) is 3.82. The molecule has 0 radical (unpaired) electrons. The van der Waals surface area contributed by atoms with Crippen LogP contribution in [0, 0.1) is 12.7 Å². The fourth-order valence-electron chi connectivity index (χ4n) is 3.46. The van der Waals surface area contributed by atoms with E-state index in [0.29, 0.717) is 16.6 Å². The molecule has 0 saturated heterocycles. The third-order valence-electron chi connectivity index (χ3n) is 5.16. The number of rotatable bonds is 4. The van der Waals surface area contributed by atoms with Gasteiger partial charge in [0.15, 0.2) is 10.9 Å². The van der Waals surface area contributed by atoms with Gasteiger partial charge in [0.25, 0.3) is 5.91 Å². The summed E-state index contributed by atoms with van der Waals surface area (Å²) in [4.78, 5) is 17.6. The van der Waals surface area contributed by atoms with Gasteiger partial charge in [-0.25, -0.2) is 4.39 Å². The van der Waals surface area contributed by atoms with Crippen LogP contribution in [0.3, 0.4) is 0 Å². The van der Waals surface area contributed by atoms with Crippen LogP contribution < -0.4 is 11.1 Å². The molecule has 30 heavy (non-hydrogen) atoms. The van der Waals surface area contributed by atoms with Crippen molar-refractivity contribution >= 4 is 28.5 Å². The summed E-state index contributed by atoms with van der Waals surface area (Å²) in [5.41, 5.74) is 7.61. The molecule has 6 nitrogen and oxygen atoms in total. The van der Waals surface area contributed by atoms with Gasteiger partial charge in [0.05, 0.1) is 16.9 Å². The summed E-state index contributed by atoms with van der Waals surface area (Å²) < 4.78 is 19.9. The van der Waals surface area contributed by atoms with Crippen LogP contribution >= 0.6 is 11.8 Å². The molecule has 1 amide bonds. The maximum atomic E-state index is 14.5. The number of amides is 1. The van der Waals surface area contributed by atoms with Gasteiger partial charge in [-0.05, 0) is 38.0 Å². The first-order valence-electron chi connectivity index (χ1n) is 9.48. The lowest BCUT2D eigenvalue weighted by Gasteiger charge is -2.30. The van der Waals surface area contributed by atoms with E-state index >= 15 is 0 Å². The zero-order valence-electron chi connectivity index (χ0n) is 16.6. The number of aryl methyl sites for hydroxylation is 1. The van der Waals surface area contributed by atoms with E-state index in [1.165, 1.54) is 17.8 Å². The highest BCUT2D eigenvalue weighted by Crippen LogP contribution is 2.37. The number of halogens is 1. The number of nitrogens with one attached hydrogen (secondary N) is 1. The molecule has 1 atom stereocenters. The van der Waals surface area contributed by atoms with E-state index in [-0.39, 0.29) is 11.3 Å². The van der Waals surface area contributed by atoms with E-state index < -0.39 is 17.3 Å². The van der Waals surface area contributed by atoms with Crippen LogP contribution in [-0.4, -0.2) is 22.0 Å². The number of hydrogen-bond donors (Lipinski definition) is 2. The van der Waals surface area contributed by atoms with E-state index in [1.807, 2.05) is 37.3 Å². The van der Waals surface area contributed by atoms with Gasteiger partial charge < -0.3 is 15.6 Å². The van der Waals surface area contributed by atoms with Crippen LogP contribution in [0.2, 0.25) is 0 Å². The Morgan fingerprint density at radius 1 is 1.27 bits per heavy atom. The van der Waals surface area contributed by atoms with E-state index in [9.17, 15) is 9.18 Å². The van der Waals surface area contributed by atoms with Gasteiger partial charge in [0, 0.05) is 11.3 Å². The largest absolute Gasteiger partial charge is 0.379 e. The lowest BCUT2D eigenvalue weighted by molar-refractivity contribution is 0.102. The number of anilines is 1. The van der Waals surface area contributed by atoms with Crippen molar-refractivity contribution in [3.8, 4) is 11.3 Å². The summed E-state index contributed by atoms with van der Waals surface area (Å²) >= 11 is 1.50. The lowest BCUT2D eigenvalue weighted by atomic mass is 9.89. The summed E-state index contributed by atoms with van der Waals surface area (Å²) in [6, 6.07) is 13.8. The molecule has 2 heterocycles. The second-order valence-electron chi connectivity index (χ2n) is 7.31. The zero-order valence-corrected chi connectivity index (χ0v) is 17.4. The van der Waals surface area contributed by atoms with Crippen molar-refractivity contribution in [1.29, 1.82) is 0 Å². The standard InChI is InChI=1S/C22H21FN4O2S/c1-13-18(19(29-27-13)14-6-4-3-5-7-14)20(28)25-17-12-15(8-9-16(17)23)22(2)10-11-30-21(24)26-22/h3-9,12H,10-11H2,1-2H3,(H2,24,26)(H,25,28). The number of thioether (sulfide) groups is 1. The number of hydrogen-bond acceptors (Lipinski definition) is 6. The summed E-state index contributed by atoms with van der Waals surface area (Å²) in [5, 5.41) is 7.10.